The van der Waals surface area contributed by atoms with E-state index in [2.05, 4.69) is 27.4 Å². The van der Waals surface area contributed by atoms with Crippen molar-refractivity contribution >= 4 is 29.9 Å². The van der Waals surface area contributed by atoms with Gasteiger partial charge in [0.2, 0.25) is 0 Å². The molecule has 6 nitrogen and oxygen atoms in total. The molecule has 2 aliphatic rings. The number of hydrogen-bond acceptors (Lipinski definition) is 4. The normalized spacial score (nSPS) is 24.3. The Bertz CT molecular complexity index is 379. The first kappa shape index (κ1) is 23.9. The molecule has 2 N–H and O–H groups in total. The van der Waals surface area contributed by atoms with Crippen LogP contribution in [0.4, 0.5) is 0 Å². The number of halogens is 1. The van der Waals surface area contributed by atoms with Gasteiger partial charge >= 0.3 is 0 Å². The van der Waals surface area contributed by atoms with Gasteiger partial charge in [0.15, 0.2) is 5.96 Å². The number of ether oxygens (including phenoxy) is 2. The van der Waals surface area contributed by atoms with Crippen LogP contribution in [0.1, 0.15) is 51.9 Å². The molecule has 0 saturated carbocycles. The highest BCUT2D eigenvalue weighted by Gasteiger charge is 2.17. The van der Waals surface area contributed by atoms with Gasteiger partial charge in [-0.1, -0.05) is 6.42 Å². The van der Waals surface area contributed by atoms with Crippen molar-refractivity contribution in [1.29, 1.82) is 0 Å². The maximum absolute atomic E-state index is 5.77. The van der Waals surface area contributed by atoms with E-state index in [-0.39, 0.29) is 24.0 Å². The van der Waals surface area contributed by atoms with Gasteiger partial charge in [-0.25, -0.2) is 0 Å². The molecular weight excluding hydrogens is 443 g/mol. The Morgan fingerprint density at radius 1 is 1.15 bits per heavy atom. The zero-order chi connectivity index (χ0) is 17.7. The third-order valence-electron chi connectivity index (χ3n) is 5.18. The van der Waals surface area contributed by atoms with Crippen molar-refractivity contribution in [1.82, 2.24) is 15.5 Å². The number of aliphatic imine (C=N–C) groups is 1. The van der Waals surface area contributed by atoms with Gasteiger partial charge in [-0.2, -0.15) is 0 Å². The van der Waals surface area contributed by atoms with E-state index in [4.69, 9.17) is 9.47 Å². The molecule has 2 heterocycles. The molecule has 0 aliphatic carbocycles. The van der Waals surface area contributed by atoms with Crippen LogP contribution in [0, 0.1) is 0 Å². The predicted molar refractivity (Wildman–Crippen MR) is 119 cm³/mol. The minimum atomic E-state index is 0. The summed E-state index contributed by atoms with van der Waals surface area (Å²) in [6.07, 6.45) is 8.92. The van der Waals surface area contributed by atoms with Crippen LogP contribution >= 0.6 is 24.0 Å². The van der Waals surface area contributed by atoms with E-state index < -0.39 is 0 Å². The van der Waals surface area contributed by atoms with Crippen LogP contribution in [0.3, 0.4) is 0 Å². The molecular formula is C19H39IN4O2. The molecule has 0 radical (unpaired) electrons. The van der Waals surface area contributed by atoms with E-state index in [1.54, 1.807) is 0 Å². The van der Waals surface area contributed by atoms with Crippen molar-refractivity contribution in [3.05, 3.63) is 0 Å². The fourth-order valence-electron chi connectivity index (χ4n) is 3.53. The smallest absolute Gasteiger partial charge is 0.190 e. The van der Waals surface area contributed by atoms with Crippen molar-refractivity contribution < 1.29 is 9.47 Å². The predicted octanol–water partition coefficient (Wildman–Crippen LogP) is 2.62. The minimum absolute atomic E-state index is 0. The second-order valence-corrected chi connectivity index (χ2v) is 7.22. The molecule has 154 valence electrons. The summed E-state index contributed by atoms with van der Waals surface area (Å²) in [4.78, 5) is 6.93. The van der Waals surface area contributed by atoms with Crippen molar-refractivity contribution in [3.63, 3.8) is 0 Å². The quantitative estimate of drug-likeness (QED) is 0.217. The first-order valence-electron chi connectivity index (χ1n) is 10.2. The Morgan fingerprint density at radius 2 is 1.96 bits per heavy atom. The van der Waals surface area contributed by atoms with Gasteiger partial charge in [0.1, 0.15) is 0 Å². The van der Waals surface area contributed by atoms with E-state index in [1.807, 2.05) is 7.05 Å². The third-order valence-corrected chi connectivity index (χ3v) is 5.18. The largest absolute Gasteiger partial charge is 0.379 e. The van der Waals surface area contributed by atoms with Crippen LogP contribution in [-0.4, -0.2) is 76.1 Å². The lowest BCUT2D eigenvalue weighted by atomic mass is 10.0. The van der Waals surface area contributed by atoms with E-state index in [1.165, 1.54) is 45.2 Å². The van der Waals surface area contributed by atoms with Crippen molar-refractivity contribution in [2.75, 3.05) is 53.0 Å². The fraction of sp³-hybridized carbons (Fsp3) is 0.947. The summed E-state index contributed by atoms with van der Waals surface area (Å²) in [6, 6.07) is 0.772. The fourth-order valence-corrected chi connectivity index (χ4v) is 3.53. The SMILES string of the molecule is CN=C(NCCCCN1CCCCC1C)NCCCOC1CCOC1.I. The lowest BCUT2D eigenvalue weighted by Gasteiger charge is -2.33. The van der Waals surface area contributed by atoms with Crippen LogP contribution in [0.5, 0.6) is 0 Å². The molecule has 0 aromatic carbocycles. The third kappa shape index (κ3) is 9.71. The maximum Gasteiger partial charge on any atom is 0.190 e. The molecule has 2 aliphatic heterocycles. The number of hydrogen-bond donors (Lipinski definition) is 2. The first-order chi connectivity index (χ1) is 12.3. The summed E-state index contributed by atoms with van der Waals surface area (Å²) in [5, 5.41) is 6.77. The van der Waals surface area contributed by atoms with Crippen LogP contribution in [-0.2, 0) is 9.47 Å². The topological polar surface area (TPSA) is 58.1 Å². The van der Waals surface area contributed by atoms with Gasteiger partial charge in [-0.3, -0.25) is 4.99 Å². The van der Waals surface area contributed by atoms with Gasteiger partial charge < -0.3 is 25.0 Å². The average Bonchev–Trinajstić information content (AvgIpc) is 3.14. The van der Waals surface area contributed by atoms with Gasteiger partial charge in [-0.05, 0) is 58.5 Å². The van der Waals surface area contributed by atoms with Gasteiger partial charge in [-0.15, -0.1) is 24.0 Å². The Hall–Kier alpha value is -0.120. The van der Waals surface area contributed by atoms with Gasteiger partial charge in [0, 0.05) is 39.4 Å². The number of rotatable bonds is 10. The van der Waals surface area contributed by atoms with Crippen LogP contribution in [0.2, 0.25) is 0 Å². The number of nitrogens with one attached hydrogen (secondary N) is 2. The lowest BCUT2D eigenvalue weighted by Crippen LogP contribution is -2.40. The van der Waals surface area contributed by atoms with Crippen molar-refractivity contribution in [2.45, 2.75) is 64.0 Å². The summed E-state index contributed by atoms with van der Waals surface area (Å²) < 4.78 is 11.1. The summed E-state index contributed by atoms with van der Waals surface area (Å²) >= 11 is 0. The van der Waals surface area contributed by atoms with E-state index in [9.17, 15) is 0 Å². The van der Waals surface area contributed by atoms with E-state index >= 15 is 0 Å². The van der Waals surface area contributed by atoms with Gasteiger partial charge in [0.05, 0.1) is 12.7 Å². The maximum atomic E-state index is 5.77. The van der Waals surface area contributed by atoms with Crippen molar-refractivity contribution in [2.24, 2.45) is 4.99 Å². The van der Waals surface area contributed by atoms with Gasteiger partial charge in [0.25, 0.3) is 0 Å². The monoisotopic (exact) mass is 482 g/mol. The van der Waals surface area contributed by atoms with Crippen LogP contribution < -0.4 is 10.6 Å². The highest BCUT2D eigenvalue weighted by Crippen LogP contribution is 2.16. The van der Waals surface area contributed by atoms with Crippen LogP contribution in [0.15, 0.2) is 4.99 Å². The second-order valence-electron chi connectivity index (χ2n) is 7.22. The van der Waals surface area contributed by atoms with Crippen LogP contribution in [0.25, 0.3) is 0 Å². The zero-order valence-electron chi connectivity index (χ0n) is 16.7. The highest BCUT2D eigenvalue weighted by molar-refractivity contribution is 14.0. The number of nitrogens with zero attached hydrogens (tertiary/aromatic N) is 2. The molecule has 0 amide bonds. The molecule has 7 heteroatoms. The van der Waals surface area contributed by atoms with E-state index in [0.717, 1.165) is 57.8 Å². The highest BCUT2D eigenvalue weighted by atomic mass is 127. The number of unbranched alkanes of at least 4 members (excludes halogenated alkanes) is 1. The summed E-state index contributed by atoms with van der Waals surface area (Å²) in [5.74, 6) is 0.899. The summed E-state index contributed by atoms with van der Waals surface area (Å²) in [6.45, 7) is 9.14. The molecule has 0 spiro atoms. The Labute approximate surface area is 176 Å². The van der Waals surface area contributed by atoms with Crippen molar-refractivity contribution in [3.8, 4) is 0 Å². The molecule has 2 rings (SSSR count). The number of piperidine rings is 1. The molecule has 0 bridgehead atoms. The zero-order valence-corrected chi connectivity index (χ0v) is 19.0. The number of guanidine groups is 1. The lowest BCUT2D eigenvalue weighted by molar-refractivity contribution is 0.0420. The molecule has 2 saturated heterocycles. The standard InChI is InChI=1S/C19H38N4O2.HI/c1-17-8-3-5-12-23(17)13-6-4-10-21-19(20-2)22-11-7-14-25-18-9-15-24-16-18;/h17-18H,3-16H2,1-2H3,(H2,20,21,22);1H. The second kappa shape index (κ2) is 14.9. The average molecular weight is 482 g/mol. The minimum Gasteiger partial charge on any atom is -0.379 e. The summed E-state index contributed by atoms with van der Waals surface area (Å²) in [7, 11) is 1.83. The molecule has 0 aromatic rings. The molecule has 2 fully saturated rings. The summed E-state index contributed by atoms with van der Waals surface area (Å²) in [5.41, 5.74) is 0. The molecule has 0 aromatic heterocycles. The van der Waals surface area contributed by atoms with E-state index in [0.29, 0.717) is 6.10 Å². The Morgan fingerprint density at radius 3 is 2.65 bits per heavy atom. The molecule has 2 atom stereocenters. The number of likely N-dealkylation sites (tertiary alicyclic amines) is 1. The first-order valence-corrected chi connectivity index (χ1v) is 10.2. The molecule has 2 unspecified atom stereocenters. The Kier molecular flexibility index (Phi) is 13.7. The molecule has 26 heavy (non-hydrogen) atoms. The Balaban J connectivity index is 0.00000338.